The van der Waals surface area contributed by atoms with Crippen molar-refractivity contribution in [1.29, 1.82) is 0 Å². The van der Waals surface area contributed by atoms with E-state index in [-0.39, 0.29) is 38.6 Å². The molecule has 67 heavy (non-hydrogen) atoms. The van der Waals surface area contributed by atoms with Crippen molar-refractivity contribution >= 4 is 19.8 Å². The van der Waals surface area contributed by atoms with Crippen LogP contribution in [0.1, 0.15) is 232 Å². The Morgan fingerprint density at radius 3 is 1.22 bits per heavy atom. The Morgan fingerprint density at radius 1 is 0.463 bits per heavy atom. The van der Waals surface area contributed by atoms with E-state index in [1.165, 1.54) is 103 Å². The summed E-state index contributed by atoms with van der Waals surface area (Å²) in [5.74, 6) is -0.848. The second-order valence-electron chi connectivity index (χ2n) is 17.7. The van der Waals surface area contributed by atoms with Crippen molar-refractivity contribution < 1.29 is 37.6 Å². The van der Waals surface area contributed by atoms with Crippen LogP contribution in [0.4, 0.5) is 0 Å². The molecule has 2 atom stereocenters. The van der Waals surface area contributed by atoms with E-state index < -0.39 is 26.5 Å². The Bertz CT molecular complexity index is 1370. The monoisotopic (exact) mass is 958 g/mol. The van der Waals surface area contributed by atoms with Gasteiger partial charge in [0, 0.05) is 19.4 Å². The Hall–Kier alpha value is -2.81. The average molecular weight is 958 g/mol. The minimum absolute atomic E-state index is 0.0468. The van der Waals surface area contributed by atoms with Gasteiger partial charge in [-0.2, -0.15) is 0 Å². The van der Waals surface area contributed by atoms with Crippen LogP contribution in [0.15, 0.2) is 85.1 Å². The van der Waals surface area contributed by atoms with Gasteiger partial charge in [-0.05, 0) is 70.6 Å². The average Bonchev–Trinajstić information content (AvgIpc) is 3.32. The molecule has 0 aromatic heterocycles. The third-order valence-corrected chi connectivity index (χ3v) is 12.3. The molecule has 0 aliphatic rings. The van der Waals surface area contributed by atoms with Crippen molar-refractivity contribution in [3.8, 4) is 0 Å². The first kappa shape index (κ1) is 64.2. The number of allylic oxidation sites excluding steroid dienone is 14. The molecule has 0 radical (unpaired) electrons. The summed E-state index contributed by atoms with van der Waals surface area (Å²) in [6.07, 6.45) is 67.6. The summed E-state index contributed by atoms with van der Waals surface area (Å²) in [6, 6.07) is 0. The van der Waals surface area contributed by atoms with Crippen molar-refractivity contribution in [2.75, 3.05) is 26.4 Å². The number of carbonyl (C=O) groups excluding carboxylic acids is 2. The van der Waals surface area contributed by atoms with Crippen LogP contribution in [0.3, 0.4) is 0 Å². The lowest BCUT2D eigenvalue weighted by Crippen LogP contribution is -2.29. The Morgan fingerprint density at radius 2 is 0.821 bits per heavy atom. The standard InChI is InChI=1S/C57H100NO8P/c1-3-5-7-9-11-13-15-17-19-21-23-24-25-26-27-28-29-30-32-34-36-38-40-42-44-46-48-50-57(60)66-55(54-65-67(61,62)64-52-51-58)53-63-56(59)49-47-45-43-41-39-37-35-33-31-22-20-18-16-14-12-10-8-6-4-2/h5,7,11,13,17,19,23-24,26-27,29-30,34,36,55H,3-4,6,8-10,12,14-16,18,20-22,25,28,31-33,35,37-54,58H2,1-2H3,(H,61,62)/b7-5-,13-11-,19-17-,24-23-,27-26-,30-29-,36-34-. The van der Waals surface area contributed by atoms with Gasteiger partial charge in [0.1, 0.15) is 6.61 Å². The fourth-order valence-corrected chi connectivity index (χ4v) is 8.09. The van der Waals surface area contributed by atoms with Crippen molar-refractivity contribution in [1.82, 2.24) is 0 Å². The maximum absolute atomic E-state index is 12.7. The first-order valence-corrected chi connectivity index (χ1v) is 28.6. The van der Waals surface area contributed by atoms with Crippen LogP contribution in [0.5, 0.6) is 0 Å². The molecule has 0 aliphatic heterocycles. The molecule has 9 nitrogen and oxygen atoms in total. The summed E-state index contributed by atoms with van der Waals surface area (Å²) in [6.45, 7) is 3.62. The Kier molecular flexibility index (Phi) is 50.4. The highest BCUT2D eigenvalue weighted by Crippen LogP contribution is 2.43. The zero-order valence-corrected chi connectivity index (χ0v) is 43.8. The molecule has 0 rings (SSSR count). The molecule has 0 spiro atoms. The van der Waals surface area contributed by atoms with Gasteiger partial charge in [0.25, 0.3) is 0 Å². The van der Waals surface area contributed by atoms with Crippen LogP contribution in [-0.4, -0.2) is 49.3 Å². The molecule has 10 heteroatoms. The second-order valence-corrected chi connectivity index (χ2v) is 19.2. The van der Waals surface area contributed by atoms with Crippen molar-refractivity contribution in [3.63, 3.8) is 0 Å². The summed E-state index contributed by atoms with van der Waals surface area (Å²) in [5.41, 5.74) is 5.37. The van der Waals surface area contributed by atoms with Gasteiger partial charge >= 0.3 is 19.8 Å². The minimum Gasteiger partial charge on any atom is -0.462 e. The maximum atomic E-state index is 12.7. The molecule has 0 heterocycles. The lowest BCUT2D eigenvalue weighted by atomic mass is 10.0. The van der Waals surface area contributed by atoms with Gasteiger partial charge in [0.15, 0.2) is 6.10 Å². The van der Waals surface area contributed by atoms with E-state index in [0.717, 1.165) is 96.3 Å². The van der Waals surface area contributed by atoms with Crippen molar-refractivity contribution in [3.05, 3.63) is 85.1 Å². The van der Waals surface area contributed by atoms with Crippen LogP contribution in [0.2, 0.25) is 0 Å². The number of unbranched alkanes of at least 4 members (excludes halogenated alkanes) is 23. The number of hydrogen-bond acceptors (Lipinski definition) is 8. The largest absolute Gasteiger partial charge is 0.472 e. The molecule has 2 unspecified atom stereocenters. The van der Waals surface area contributed by atoms with Crippen LogP contribution in [-0.2, 0) is 32.7 Å². The highest BCUT2D eigenvalue weighted by atomic mass is 31.2. The van der Waals surface area contributed by atoms with E-state index >= 15 is 0 Å². The molecule has 0 aliphatic carbocycles. The summed E-state index contributed by atoms with van der Waals surface area (Å²) in [7, 11) is -4.39. The van der Waals surface area contributed by atoms with Crippen LogP contribution < -0.4 is 5.73 Å². The Labute approximate surface area is 411 Å². The first-order valence-electron chi connectivity index (χ1n) is 27.1. The molecule has 3 N–H and O–H groups in total. The van der Waals surface area contributed by atoms with Gasteiger partial charge in [-0.1, -0.05) is 234 Å². The van der Waals surface area contributed by atoms with Crippen LogP contribution in [0.25, 0.3) is 0 Å². The quantitative estimate of drug-likeness (QED) is 0.0264. The van der Waals surface area contributed by atoms with E-state index in [1.54, 1.807) is 0 Å². The normalized spacial score (nSPS) is 13.8. The van der Waals surface area contributed by atoms with Crippen molar-refractivity contribution in [2.45, 2.75) is 238 Å². The predicted molar refractivity (Wildman–Crippen MR) is 284 cm³/mol. The highest BCUT2D eigenvalue weighted by molar-refractivity contribution is 7.47. The van der Waals surface area contributed by atoms with Crippen LogP contribution >= 0.6 is 7.82 Å². The molecule has 0 amide bonds. The number of phosphoric acid groups is 1. The van der Waals surface area contributed by atoms with Gasteiger partial charge in [-0.25, -0.2) is 4.57 Å². The first-order chi connectivity index (χ1) is 32.8. The molecule has 0 fully saturated rings. The van der Waals surface area contributed by atoms with Gasteiger partial charge in [0.2, 0.25) is 0 Å². The lowest BCUT2D eigenvalue weighted by molar-refractivity contribution is -0.161. The van der Waals surface area contributed by atoms with E-state index in [1.807, 2.05) is 0 Å². The molecule has 0 bridgehead atoms. The molecule has 0 saturated carbocycles. The predicted octanol–water partition coefficient (Wildman–Crippen LogP) is 16.7. The molecule has 0 aromatic carbocycles. The number of nitrogens with two attached hydrogens (primary N) is 1. The molecule has 0 saturated heterocycles. The van der Waals surface area contributed by atoms with Gasteiger partial charge in [0.05, 0.1) is 13.2 Å². The summed E-state index contributed by atoms with van der Waals surface area (Å²) in [4.78, 5) is 35.1. The number of phosphoric ester groups is 1. The topological polar surface area (TPSA) is 134 Å². The fraction of sp³-hybridized carbons (Fsp3) is 0.719. The molecular formula is C57H100NO8P. The van der Waals surface area contributed by atoms with Gasteiger partial charge < -0.3 is 20.1 Å². The molecule has 0 aromatic rings. The fourth-order valence-electron chi connectivity index (χ4n) is 7.32. The number of esters is 2. The number of hydrogen-bond donors (Lipinski definition) is 2. The Balaban J connectivity index is 4.09. The molecule has 386 valence electrons. The third-order valence-electron chi connectivity index (χ3n) is 11.3. The van der Waals surface area contributed by atoms with E-state index in [4.69, 9.17) is 24.3 Å². The zero-order valence-electron chi connectivity index (χ0n) is 42.9. The second kappa shape index (κ2) is 52.6. The number of rotatable bonds is 50. The number of carbonyl (C=O) groups is 2. The van der Waals surface area contributed by atoms with Gasteiger partial charge in [-0.3, -0.25) is 18.6 Å². The van der Waals surface area contributed by atoms with Gasteiger partial charge in [-0.15, -0.1) is 0 Å². The SMILES string of the molecule is CC/C=C\C/C=C\C/C=C\C/C=C\C/C=C\C/C=C\C/C=C\CCCCCCCC(=O)OC(COC(=O)CCCCCCCCCCCCCCCCCCCCC)COP(=O)(O)OCCN. The molecular weight excluding hydrogens is 858 g/mol. The lowest BCUT2D eigenvalue weighted by Gasteiger charge is -2.19. The maximum Gasteiger partial charge on any atom is 0.472 e. The third kappa shape index (κ3) is 52.4. The minimum atomic E-state index is -4.39. The van der Waals surface area contributed by atoms with Crippen molar-refractivity contribution in [2.24, 2.45) is 5.73 Å². The number of ether oxygens (including phenoxy) is 2. The van der Waals surface area contributed by atoms with E-state index in [0.29, 0.717) is 6.42 Å². The summed E-state index contributed by atoms with van der Waals surface area (Å²) in [5, 5.41) is 0. The summed E-state index contributed by atoms with van der Waals surface area (Å²) < 4.78 is 33.0. The zero-order chi connectivity index (χ0) is 48.8. The van der Waals surface area contributed by atoms with E-state index in [2.05, 4.69) is 98.9 Å². The highest BCUT2D eigenvalue weighted by Gasteiger charge is 2.26. The van der Waals surface area contributed by atoms with Crippen LogP contribution in [0, 0.1) is 0 Å². The smallest absolute Gasteiger partial charge is 0.462 e. The summed E-state index contributed by atoms with van der Waals surface area (Å²) >= 11 is 0. The van der Waals surface area contributed by atoms with E-state index in [9.17, 15) is 19.0 Å².